The number of nitrogens with one attached hydrogen (secondary N) is 1. The Morgan fingerprint density at radius 2 is 2.21 bits per heavy atom. The number of nitrogens with zero attached hydrogens (tertiary/aromatic N) is 1. The number of hydrogen-bond acceptors (Lipinski definition) is 2. The molecule has 4 bridgehead atoms. The van der Waals surface area contributed by atoms with Gasteiger partial charge in [-0.15, -0.1) is 0 Å². The molecule has 4 aliphatic rings. The summed E-state index contributed by atoms with van der Waals surface area (Å²) in [5.41, 5.74) is 5.06. The first kappa shape index (κ1) is 11.7. The van der Waals surface area contributed by atoms with Crippen LogP contribution in [0.2, 0.25) is 0 Å². The molecule has 0 aromatic rings. The maximum absolute atomic E-state index is 4.72. The van der Waals surface area contributed by atoms with Crippen LogP contribution in [0.4, 0.5) is 0 Å². The molecular formula is C17H24N2. The van der Waals surface area contributed by atoms with Gasteiger partial charge in [-0.3, -0.25) is 4.99 Å². The molecular weight excluding hydrogens is 232 g/mol. The van der Waals surface area contributed by atoms with Gasteiger partial charge in [0.15, 0.2) is 0 Å². The van der Waals surface area contributed by atoms with Crippen molar-refractivity contribution in [1.82, 2.24) is 5.32 Å². The van der Waals surface area contributed by atoms with Gasteiger partial charge < -0.3 is 5.32 Å². The molecule has 19 heavy (non-hydrogen) atoms. The van der Waals surface area contributed by atoms with Crippen LogP contribution >= 0.6 is 0 Å². The smallest absolute Gasteiger partial charge is 0.0426 e. The van der Waals surface area contributed by atoms with Crippen LogP contribution in [0.3, 0.4) is 0 Å². The molecule has 2 nitrogen and oxygen atoms in total. The second-order valence-corrected chi connectivity index (χ2v) is 7.32. The number of aliphatic imine (C=N–C) groups is 1. The Bertz CT molecular complexity index is 513. The molecule has 102 valence electrons. The molecule has 2 aliphatic carbocycles. The fraction of sp³-hybridized carbons (Fsp3) is 0.706. The second-order valence-electron chi connectivity index (χ2n) is 7.32. The van der Waals surface area contributed by atoms with Gasteiger partial charge in [0.25, 0.3) is 0 Å². The molecule has 1 saturated carbocycles. The first-order valence-corrected chi connectivity index (χ1v) is 7.78. The summed E-state index contributed by atoms with van der Waals surface area (Å²) in [5, 5.41) is 3.87. The lowest BCUT2D eigenvalue weighted by Gasteiger charge is -2.42. The molecule has 0 aromatic heterocycles. The summed E-state index contributed by atoms with van der Waals surface area (Å²) in [7, 11) is 0. The average Bonchev–Trinajstić information content (AvgIpc) is 2.70. The largest absolute Gasteiger partial charge is 0.385 e. The molecule has 1 saturated heterocycles. The zero-order chi connectivity index (χ0) is 13.2. The third kappa shape index (κ3) is 1.52. The van der Waals surface area contributed by atoms with Gasteiger partial charge in [0.2, 0.25) is 0 Å². The van der Waals surface area contributed by atoms with E-state index in [9.17, 15) is 0 Å². The molecule has 2 heteroatoms. The Kier molecular flexibility index (Phi) is 2.31. The Hall–Kier alpha value is -1.05. The van der Waals surface area contributed by atoms with Crippen LogP contribution in [0.15, 0.2) is 27.9 Å². The summed E-state index contributed by atoms with van der Waals surface area (Å²) in [4.78, 5) is 4.72. The topological polar surface area (TPSA) is 24.4 Å². The maximum Gasteiger partial charge on any atom is 0.0426 e. The van der Waals surface area contributed by atoms with E-state index in [2.05, 4.69) is 38.4 Å². The SMILES string of the molecule is CC1C2CC3=C4C=C2NC1C(C)C(C)(C=NCC4)C3. The molecule has 1 N–H and O–H groups in total. The lowest BCUT2D eigenvalue weighted by molar-refractivity contribution is 0.190. The lowest BCUT2D eigenvalue weighted by atomic mass is 9.63. The van der Waals surface area contributed by atoms with Crippen molar-refractivity contribution in [2.45, 2.75) is 46.1 Å². The van der Waals surface area contributed by atoms with E-state index in [1.165, 1.54) is 18.5 Å². The van der Waals surface area contributed by atoms with Crippen molar-refractivity contribution in [3.8, 4) is 0 Å². The number of allylic oxidation sites excluding steroid dienone is 3. The van der Waals surface area contributed by atoms with Crippen LogP contribution in [0.25, 0.3) is 0 Å². The van der Waals surface area contributed by atoms with Crippen LogP contribution in [-0.4, -0.2) is 18.8 Å². The number of hydrogen-bond donors (Lipinski definition) is 1. The minimum Gasteiger partial charge on any atom is -0.385 e. The van der Waals surface area contributed by atoms with Crippen molar-refractivity contribution in [3.05, 3.63) is 22.9 Å². The number of rotatable bonds is 0. The van der Waals surface area contributed by atoms with Crippen LogP contribution in [0, 0.1) is 23.2 Å². The minimum absolute atomic E-state index is 0.228. The van der Waals surface area contributed by atoms with Crippen molar-refractivity contribution in [2.75, 3.05) is 6.54 Å². The summed E-state index contributed by atoms with van der Waals surface area (Å²) >= 11 is 0. The Morgan fingerprint density at radius 1 is 1.37 bits per heavy atom. The van der Waals surface area contributed by atoms with Gasteiger partial charge in [-0.25, -0.2) is 0 Å². The van der Waals surface area contributed by atoms with Gasteiger partial charge in [-0.2, -0.15) is 0 Å². The van der Waals surface area contributed by atoms with Gasteiger partial charge in [0.1, 0.15) is 0 Å². The molecule has 0 amide bonds. The average molecular weight is 256 g/mol. The number of fused-ring (bicyclic) bond motifs is 2. The van der Waals surface area contributed by atoms with Gasteiger partial charge in [0, 0.05) is 35.8 Å². The van der Waals surface area contributed by atoms with Crippen molar-refractivity contribution in [1.29, 1.82) is 0 Å². The third-order valence-electron chi connectivity index (χ3n) is 6.25. The predicted molar refractivity (Wildman–Crippen MR) is 79.2 cm³/mol. The van der Waals surface area contributed by atoms with Crippen molar-refractivity contribution >= 4 is 6.21 Å². The molecule has 2 heterocycles. The van der Waals surface area contributed by atoms with E-state index in [1.54, 1.807) is 11.1 Å². The molecule has 0 spiro atoms. The summed E-state index contributed by atoms with van der Waals surface area (Å²) in [5.74, 6) is 2.16. The molecule has 5 atom stereocenters. The highest BCUT2D eigenvalue weighted by Crippen LogP contribution is 2.51. The van der Waals surface area contributed by atoms with E-state index in [4.69, 9.17) is 4.99 Å². The van der Waals surface area contributed by atoms with E-state index in [0.29, 0.717) is 12.0 Å². The van der Waals surface area contributed by atoms with Gasteiger partial charge in [0.05, 0.1) is 0 Å². The summed E-state index contributed by atoms with van der Waals surface area (Å²) < 4.78 is 0. The Morgan fingerprint density at radius 3 is 3.05 bits per heavy atom. The van der Waals surface area contributed by atoms with Gasteiger partial charge >= 0.3 is 0 Å². The third-order valence-corrected chi connectivity index (χ3v) is 6.25. The fourth-order valence-electron chi connectivity index (χ4n) is 4.76. The summed E-state index contributed by atoms with van der Waals surface area (Å²) in [6.45, 7) is 8.25. The Balaban J connectivity index is 1.91. The monoisotopic (exact) mass is 256 g/mol. The van der Waals surface area contributed by atoms with E-state index in [0.717, 1.165) is 24.8 Å². The van der Waals surface area contributed by atoms with E-state index in [1.807, 2.05) is 0 Å². The molecule has 2 fully saturated rings. The van der Waals surface area contributed by atoms with Crippen LogP contribution in [0.1, 0.15) is 40.0 Å². The maximum atomic E-state index is 4.72. The van der Waals surface area contributed by atoms with E-state index < -0.39 is 0 Å². The van der Waals surface area contributed by atoms with Crippen LogP contribution in [0.5, 0.6) is 0 Å². The van der Waals surface area contributed by atoms with Gasteiger partial charge in [-0.1, -0.05) is 26.3 Å². The Labute approximate surface area is 116 Å². The first-order chi connectivity index (χ1) is 9.08. The molecule has 0 radical (unpaired) electrons. The fourth-order valence-corrected chi connectivity index (χ4v) is 4.76. The highest BCUT2D eigenvalue weighted by Gasteiger charge is 2.49. The van der Waals surface area contributed by atoms with Crippen molar-refractivity contribution < 1.29 is 0 Å². The molecule has 5 unspecified atom stereocenters. The molecule has 2 aliphatic heterocycles. The van der Waals surface area contributed by atoms with Crippen LogP contribution < -0.4 is 5.32 Å². The highest BCUT2D eigenvalue weighted by atomic mass is 15.0. The predicted octanol–water partition coefficient (Wildman–Crippen LogP) is 3.32. The highest BCUT2D eigenvalue weighted by molar-refractivity contribution is 5.68. The van der Waals surface area contributed by atoms with E-state index >= 15 is 0 Å². The second kappa shape index (κ2) is 3.74. The van der Waals surface area contributed by atoms with Gasteiger partial charge in [-0.05, 0) is 42.7 Å². The lowest BCUT2D eigenvalue weighted by Crippen LogP contribution is -2.44. The van der Waals surface area contributed by atoms with Crippen LogP contribution in [-0.2, 0) is 0 Å². The standard InChI is InChI=1S/C17H24N2/c1-10-14-6-13-8-17(3)9-18-5-4-12(13)7-15(14)19-16(10)11(17)2/h7,9-11,14,16,19H,4-6,8H2,1-3H3. The zero-order valence-corrected chi connectivity index (χ0v) is 12.2. The first-order valence-electron chi connectivity index (χ1n) is 7.78. The molecule has 4 rings (SSSR count). The quantitative estimate of drug-likeness (QED) is 0.706. The minimum atomic E-state index is 0.228. The normalized spacial score (nSPS) is 47.4. The van der Waals surface area contributed by atoms with E-state index in [-0.39, 0.29) is 5.41 Å². The summed E-state index contributed by atoms with van der Waals surface area (Å²) in [6, 6.07) is 0.617. The molecule has 0 aromatic carbocycles. The van der Waals surface area contributed by atoms with Crippen molar-refractivity contribution in [3.63, 3.8) is 0 Å². The summed E-state index contributed by atoms with van der Waals surface area (Å²) in [6.07, 6.45) is 8.40. The van der Waals surface area contributed by atoms with Crippen molar-refractivity contribution in [2.24, 2.45) is 28.2 Å². The zero-order valence-electron chi connectivity index (χ0n) is 12.2.